The van der Waals surface area contributed by atoms with E-state index < -0.39 is 47.4 Å². The molecule has 4 rings (SSSR count). The number of ketones is 1. The minimum atomic E-state index is -4.99. The fraction of sp³-hybridized carbons (Fsp3) is 0.483. The lowest BCUT2D eigenvalue weighted by Crippen LogP contribution is -2.44. The predicted molar refractivity (Wildman–Crippen MR) is 133 cm³/mol. The van der Waals surface area contributed by atoms with Crippen LogP contribution in [0.15, 0.2) is 54.2 Å². The van der Waals surface area contributed by atoms with Crippen LogP contribution in [-0.2, 0) is 21.9 Å². The minimum absolute atomic E-state index is 0.00529. The molecule has 40 heavy (non-hydrogen) atoms. The molecule has 0 saturated heterocycles. The van der Waals surface area contributed by atoms with Crippen molar-refractivity contribution in [2.75, 3.05) is 13.2 Å². The summed E-state index contributed by atoms with van der Waals surface area (Å²) in [5.41, 5.74) is -1.70. The SMILES string of the molecule is C[C@@H](O[C@@H]1CC[C@H](CO)[C@H](CNC2=CC(=O)CC2)[C@@H]1c1ccc(F)cc1)c1cc(C(F)(F)F)cc(C(F)(F)F)c1. The molecule has 2 aromatic carbocycles. The highest BCUT2D eigenvalue weighted by Gasteiger charge is 2.42. The fourth-order valence-corrected chi connectivity index (χ4v) is 5.70. The topological polar surface area (TPSA) is 58.6 Å². The van der Waals surface area contributed by atoms with E-state index >= 15 is 0 Å². The molecule has 1 fully saturated rings. The number of allylic oxidation sites excluding steroid dienone is 2. The molecule has 2 N–H and O–H groups in total. The van der Waals surface area contributed by atoms with Crippen molar-refractivity contribution in [2.45, 2.75) is 63.1 Å². The molecule has 1 saturated carbocycles. The Morgan fingerprint density at radius 1 is 0.975 bits per heavy atom. The van der Waals surface area contributed by atoms with Gasteiger partial charge in [0.25, 0.3) is 0 Å². The number of hydrogen-bond acceptors (Lipinski definition) is 4. The van der Waals surface area contributed by atoms with Gasteiger partial charge in [0, 0.05) is 37.3 Å². The number of alkyl halides is 6. The van der Waals surface area contributed by atoms with E-state index in [0.29, 0.717) is 49.9 Å². The number of benzene rings is 2. The molecule has 0 heterocycles. The molecule has 0 unspecified atom stereocenters. The van der Waals surface area contributed by atoms with Crippen LogP contribution in [0.3, 0.4) is 0 Å². The van der Waals surface area contributed by atoms with E-state index in [1.54, 1.807) is 12.1 Å². The van der Waals surface area contributed by atoms with Crippen molar-refractivity contribution in [1.82, 2.24) is 5.32 Å². The van der Waals surface area contributed by atoms with Crippen molar-refractivity contribution < 1.29 is 45.4 Å². The standard InChI is InChI=1S/C29H30F7NO3/c1-16(19-10-20(28(31,32)33)12-21(11-19)29(34,35)36)40-26-9-4-18(15-38)25(14-37-23-7-8-24(39)13-23)27(26)17-2-5-22(30)6-3-17/h2-3,5-6,10-13,16,18,25-27,37-38H,4,7-9,14-15H2,1H3/t16-,18-,25+,26-,27+/m1/s1. The van der Waals surface area contributed by atoms with Crippen LogP contribution in [0.4, 0.5) is 30.7 Å². The molecule has 2 aliphatic carbocycles. The summed E-state index contributed by atoms with van der Waals surface area (Å²) in [5.74, 6) is -1.44. The van der Waals surface area contributed by atoms with E-state index in [1.807, 2.05) is 0 Å². The summed E-state index contributed by atoms with van der Waals surface area (Å²) >= 11 is 0. The Bertz CT molecular complexity index is 1190. The normalized spacial score (nSPS) is 24.6. The second kappa shape index (κ2) is 11.9. The summed E-state index contributed by atoms with van der Waals surface area (Å²) < 4.78 is 101. The molecular formula is C29H30F7NO3. The molecular weight excluding hydrogens is 543 g/mol. The molecule has 2 aliphatic rings. The van der Waals surface area contributed by atoms with Crippen LogP contribution in [-0.4, -0.2) is 30.1 Å². The van der Waals surface area contributed by atoms with Crippen LogP contribution < -0.4 is 5.32 Å². The zero-order chi connectivity index (χ0) is 29.2. The molecule has 5 atom stereocenters. The number of nitrogens with one attached hydrogen (secondary N) is 1. The zero-order valence-electron chi connectivity index (χ0n) is 21.7. The molecule has 11 heteroatoms. The third kappa shape index (κ3) is 7.04. The summed E-state index contributed by atoms with van der Waals surface area (Å²) in [5, 5.41) is 13.4. The van der Waals surface area contributed by atoms with Crippen LogP contribution in [0, 0.1) is 17.7 Å². The Morgan fingerprint density at radius 3 is 2.12 bits per heavy atom. The van der Waals surface area contributed by atoms with Crippen molar-refractivity contribution >= 4 is 5.78 Å². The Morgan fingerprint density at radius 2 is 1.60 bits per heavy atom. The van der Waals surface area contributed by atoms with Crippen molar-refractivity contribution in [1.29, 1.82) is 0 Å². The maximum absolute atomic E-state index is 13.8. The van der Waals surface area contributed by atoms with Gasteiger partial charge < -0.3 is 15.2 Å². The van der Waals surface area contributed by atoms with Crippen molar-refractivity contribution in [3.05, 3.63) is 82.3 Å². The van der Waals surface area contributed by atoms with Crippen LogP contribution in [0.25, 0.3) is 0 Å². The van der Waals surface area contributed by atoms with Gasteiger partial charge in [-0.25, -0.2) is 4.39 Å². The number of halogens is 7. The molecule has 2 aromatic rings. The Hall–Kier alpha value is -2.92. The molecule has 0 radical (unpaired) electrons. The van der Waals surface area contributed by atoms with Crippen LogP contribution in [0.5, 0.6) is 0 Å². The average Bonchev–Trinajstić information content (AvgIpc) is 3.31. The Balaban J connectivity index is 1.66. The van der Waals surface area contributed by atoms with Gasteiger partial charge in [0.1, 0.15) is 5.82 Å². The van der Waals surface area contributed by atoms with Crippen LogP contribution >= 0.6 is 0 Å². The maximum Gasteiger partial charge on any atom is 0.416 e. The van der Waals surface area contributed by atoms with Gasteiger partial charge in [-0.05, 0) is 79.5 Å². The van der Waals surface area contributed by atoms with Crippen LogP contribution in [0.2, 0.25) is 0 Å². The number of hydrogen-bond donors (Lipinski definition) is 2. The third-order valence-corrected chi connectivity index (χ3v) is 7.78. The molecule has 0 spiro atoms. The number of aliphatic hydroxyl groups excluding tert-OH is 1. The highest BCUT2D eigenvalue weighted by atomic mass is 19.4. The van der Waals surface area contributed by atoms with Gasteiger partial charge in [-0.2, -0.15) is 26.3 Å². The molecule has 0 aliphatic heterocycles. The second-order valence-electron chi connectivity index (χ2n) is 10.4. The minimum Gasteiger partial charge on any atom is -0.396 e. The fourth-order valence-electron chi connectivity index (χ4n) is 5.70. The van der Waals surface area contributed by atoms with E-state index in [-0.39, 0.29) is 35.9 Å². The molecule has 0 bridgehead atoms. The van der Waals surface area contributed by atoms with E-state index in [1.165, 1.54) is 25.1 Å². The first-order valence-electron chi connectivity index (χ1n) is 13.0. The number of ether oxygens (including phenoxy) is 1. The summed E-state index contributed by atoms with van der Waals surface area (Å²) in [6.07, 6.45) is -8.44. The predicted octanol–water partition coefficient (Wildman–Crippen LogP) is 6.95. The third-order valence-electron chi connectivity index (χ3n) is 7.78. The van der Waals surface area contributed by atoms with E-state index in [2.05, 4.69) is 5.32 Å². The monoisotopic (exact) mass is 573 g/mol. The summed E-state index contributed by atoms with van der Waals surface area (Å²) in [7, 11) is 0. The maximum atomic E-state index is 13.8. The first kappa shape index (κ1) is 30.0. The van der Waals surface area contributed by atoms with E-state index in [9.17, 15) is 40.6 Å². The van der Waals surface area contributed by atoms with E-state index in [0.717, 1.165) is 5.70 Å². The van der Waals surface area contributed by atoms with Crippen LogP contribution in [0.1, 0.15) is 66.9 Å². The van der Waals surface area contributed by atoms with Gasteiger partial charge >= 0.3 is 12.4 Å². The highest BCUT2D eigenvalue weighted by Crippen LogP contribution is 2.45. The van der Waals surface area contributed by atoms with Crippen molar-refractivity contribution in [2.24, 2.45) is 11.8 Å². The number of carbonyl (C=O) groups is 1. The van der Waals surface area contributed by atoms with Gasteiger partial charge in [-0.3, -0.25) is 4.79 Å². The average molecular weight is 574 g/mol. The van der Waals surface area contributed by atoms with Crippen molar-refractivity contribution in [3.8, 4) is 0 Å². The second-order valence-corrected chi connectivity index (χ2v) is 10.4. The lowest BCUT2D eigenvalue weighted by atomic mass is 9.67. The lowest BCUT2D eigenvalue weighted by Gasteiger charge is -2.44. The van der Waals surface area contributed by atoms with Gasteiger partial charge in [-0.15, -0.1) is 0 Å². The quantitative estimate of drug-likeness (QED) is 0.336. The smallest absolute Gasteiger partial charge is 0.396 e. The number of aliphatic hydroxyl groups is 1. The Kier molecular flexibility index (Phi) is 8.94. The van der Waals surface area contributed by atoms with Crippen molar-refractivity contribution in [3.63, 3.8) is 0 Å². The molecule has 4 nitrogen and oxygen atoms in total. The van der Waals surface area contributed by atoms with Gasteiger partial charge in [0.15, 0.2) is 5.78 Å². The molecule has 0 aromatic heterocycles. The van der Waals surface area contributed by atoms with Gasteiger partial charge in [0.2, 0.25) is 0 Å². The first-order valence-corrected chi connectivity index (χ1v) is 13.0. The summed E-state index contributed by atoms with van der Waals surface area (Å²) in [4.78, 5) is 11.7. The summed E-state index contributed by atoms with van der Waals surface area (Å²) in [6.45, 7) is 1.58. The van der Waals surface area contributed by atoms with E-state index in [4.69, 9.17) is 4.74 Å². The summed E-state index contributed by atoms with van der Waals surface area (Å²) in [6, 6.07) is 7.07. The van der Waals surface area contributed by atoms with Gasteiger partial charge in [0.05, 0.1) is 23.3 Å². The van der Waals surface area contributed by atoms with Gasteiger partial charge in [-0.1, -0.05) is 12.1 Å². The number of carbonyl (C=O) groups excluding carboxylic acids is 1. The highest BCUT2D eigenvalue weighted by molar-refractivity contribution is 5.92. The number of rotatable bonds is 8. The largest absolute Gasteiger partial charge is 0.416 e. The molecule has 218 valence electrons. The lowest BCUT2D eigenvalue weighted by molar-refractivity contribution is -0.143. The molecule has 0 amide bonds. The first-order chi connectivity index (χ1) is 18.8. The Labute approximate surface area is 227 Å². The zero-order valence-corrected chi connectivity index (χ0v) is 21.7.